The number of nitrogens with zero attached hydrogens (tertiary/aromatic N) is 2. The fourth-order valence-electron chi connectivity index (χ4n) is 9.79. The fraction of sp³-hybridized carbons (Fsp3) is 0.808. The van der Waals surface area contributed by atoms with Crippen LogP contribution in [0.15, 0.2) is 12.1 Å². The Morgan fingerprint density at radius 1 is 0.357 bits per heavy atom. The van der Waals surface area contributed by atoms with Crippen molar-refractivity contribution >= 4 is 11.6 Å². The van der Waals surface area contributed by atoms with Gasteiger partial charge >= 0.3 is 0 Å². The lowest BCUT2D eigenvalue weighted by Gasteiger charge is -2.35. The highest BCUT2D eigenvalue weighted by Crippen LogP contribution is 2.44. The van der Waals surface area contributed by atoms with Crippen LogP contribution in [0.5, 0.6) is 0 Å². The zero-order chi connectivity index (χ0) is 40.4. The van der Waals surface area contributed by atoms with Gasteiger partial charge in [-0.1, -0.05) is 206 Å². The molecule has 2 heterocycles. The van der Waals surface area contributed by atoms with Crippen molar-refractivity contribution in [3.63, 3.8) is 0 Å². The molecule has 0 aromatic carbocycles. The standard InChI is InChI=1S/C52H90N2O2/c1-7-9-11-13-15-17-19-21-23-25-27-29-31-33-35-37-39-53-45(5)41-43(3)49(53)47-51(55)48(52(47)56)50-44(4)42-46(6)54(50)40-38-36-34-32-30-28-26-24-22-20-18-16-14-12-10-8-2/h41-42,47-48H,7-40H2,1-6H3. The summed E-state index contributed by atoms with van der Waals surface area (Å²) in [6.07, 6.45) is 43.6. The lowest BCUT2D eigenvalue weighted by molar-refractivity contribution is -0.142. The Kier molecular flexibility index (Phi) is 25.1. The van der Waals surface area contributed by atoms with Crippen LogP contribution in [0.2, 0.25) is 0 Å². The van der Waals surface area contributed by atoms with E-state index in [2.05, 4.69) is 62.8 Å². The maximum absolute atomic E-state index is 14.0. The van der Waals surface area contributed by atoms with E-state index in [1.54, 1.807) is 0 Å². The molecule has 0 atom stereocenters. The van der Waals surface area contributed by atoms with E-state index in [9.17, 15) is 9.59 Å². The first kappa shape index (κ1) is 48.3. The predicted octanol–water partition coefficient (Wildman–Crippen LogP) is 16.1. The molecule has 0 bridgehead atoms. The van der Waals surface area contributed by atoms with Gasteiger partial charge in [0.05, 0.1) is 0 Å². The number of ketones is 2. The van der Waals surface area contributed by atoms with E-state index < -0.39 is 11.8 Å². The molecule has 3 rings (SSSR count). The van der Waals surface area contributed by atoms with E-state index in [-0.39, 0.29) is 11.6 Å². The second kappa shape index (κ2) is 29.2. The highest BCUT2D eigenvalue weighted by molar-refractivity contribution is 6.31. The number of aromatic nitrogens is 2. The summed E-state index contributed by atoms with van der Waals surface area (Å²) in [5.41, 5.74) is 6.50. The fourth-order valence-corrected chi connectivity index (χ4v) is 9.79. The van der Waals surface area contributed by atoms with Crippen LogP contribution in [0.4, 0.5) is 0 Å². The zero-order valence-corrected chi connectivity index (χ0v) is 38.1. The molecule has 4 nitrogen and oxygen atoms in total. The Labute approximate surface area is 347 Å². The van der Waals surface area contributed by atoms with Gasteiger partial charge in [0.15, 0.2) is 11.6 Å². The topological polar surface area (TPSA) is 44.0 Å². The number of Topliss-reactive ketones (excluding diaryl/α,β-unsaturated/α-hetero) is 2. The quantitative estimate of drug-likeness (QED) is 0.0511. The molecule has 0 unspecified atom stereocenters. The molecule has 1 saturated carbocycles. The summed E-state index contributed by atoms with van der Waals surface area (Å²) in [5.74, 6) is -0.987. The molecule has 0 amide bonds. The molecule has 0 radical (unpaired) electrons. The third-order valence-corrected chi connectivity index (χ3v) is 13.2. The summed E-state index contributed by atoms with van der Waals surface area (Å²) in [6.45, 7) is 14.9. The molecule has 0 saturated heterocycles. The van der Waals surface area contributed by atoms with Crippen molar-refractivity contribution in [3.05, 3.63) is 46.0 Å². The smallest absolute Gasteiger partial charge is 0.165 e. The van der Waals surface area contributed by atoms with Crippen molar-refractivity contribution in [1.29, 1.82) is 0 Å². The first-order valence-electron chi connectivity index (χ1n) is 24.7. The molecule has 0 spiro atoms. The van der Waals surface area contributed by atoms with Crippen molar-refractivity contribution in [2.45, 2.75) is 272 Å². The molecule has 1 aliphatic carbocycles. The van der Waals surface area contributed by atoms with Crippen LogP contribution in [0, 0.1) is 27.7 Å². The van der Waals surface area contributed by atoms with Crippen LogP contribution in [-0.4, -0.2) is 20.7 Å². The molecule has 0 aliphatic heterocycles. The number of rotatable bonds is 36. The van der Waals surface area contributed by atoms with Crippen molar-refractivity contribution in [2.75, 3.05) is 0 Å². The van der Waals surface area contributed by atoms with Crippen LogP contribution in [-0.2, 0) is 22.7 Å². The molecule has 2 aromatic rings. The van der Waals surface area contributed by atoms with Crippen LogP contribution >= 0.6 is 0 Å². The van der Waals surface area contributed by atoms with E-state index in [1.165, 1.54) is 204 Å². The van der Waals surface area contributed by atoms with Gasteiger partial charge in [0, 0.05) is 35.9 Å². The van der Waals surface area contributed by atoms with Crippen LogP contribution in [0.1, 0.15) is 265 Å². The molecular formula is C52H90N2O2. The molecule has 1 fully saturated rings. The number of hydrogen-bond donors (Lipinski definition) is 0. The summed E-state index contributed by atoms with van der Waals surface area (Å²) < 4.78 is 4.62. The minimum Gasteiger partial charge on any atom is -0.348 e. The van der Waals surface area contributed by atoms with Crippen molar-refractivity contribution in [3.8, 4) is 0 Å². The third kappa shape index (κ3) is 16.6. The molecule has 320 valence electrons. The van der Waals surface area contributed by atoms with Crippen LogP contribution < -0.4 is 0 Å². The summed E-state index contributed by atoms with van der Waals surface area (Å²) >= 11 is 0. The maximum atomic E-state index is 14.0. The van der Waals surface area contributed by atoms with E-state index in [0.29, 0.717) is 0 Å². The van der Waals surface area contributed by atoms with Gasteiger partial charge in [-0.25, -0.2) is 0 Å². The van der Waals surface area contributed by atoms with E-state index in [1.807, 2.05) is 0 Å². The summed E-state index contributed by atoms with van der Waals surface area (Å²) in [5, 5.41) is 0. The van der Waals surface area contributed by atoms with Crippen molar-refractivity contribution in [1.82, 2.24) is 9.13 Å². The largest absolute Gasteiger partial charge is 0.348 e. The lowest BCUT2D eigenvalue weighted by atomic mass is 9.67. The van der Waals surface area contributed by atoms with Gasteiger partial charge in [-0.05, 0) is 63.8 Å². The van der Waals surface area contributed by atoms with Gasteiger partial charge in [0.25, 0.3) is 0 Å². The SMILES string of the molecule is CCCCCCCCCCCCCCCCCCn1c(C)cc(C)c1C1C(=O)C(c2c(C)cc(C)n2CCCCCCCCCCCCCCCCCC)C1=O. The molecule has 2 aromatic heterocycles. The van der Waals surface area contributed by atoms with E-state index in [4.69, 9.17) is 0 Å². The Balaban J connectivity index is 1.33. The van der Waals surface area contributed by atoms with E-state index >= 15 is 0 Å². The lowest BCUT2D eigenvalue weighted by Crippen LogP contribution is -2.47. The second-order valence-corrected chi connectivity index (χ2v) is 18.3. The molecule has 1 aliphatic rings. The van der Waals surface area contributed by atoms with Gasteiger partial charge in [-0.2, -0.15) is 0 Å². The average molecular weight is 775 g/mol. The van der Waals surface area contributed by atoms with Gasteiger partial charge in [-0.3, -0.25) is 9.59 Å². The Hall–Kier alpha value is -2.10. The van der Waals surface area contributed by atoms with Gasteiger partial charge < -0.3 is 9.13 Å². The summed E-state index contributed by atoms with van der Waals surface area (Å²) in [4.78, 5) is 28.0. The normalized spacial score (nSPS) is 15.7. The molecular weight excluding hydrogens is 685 g/mol. The number of hydrogen-bond acceptors (Lipinski definition) is 2. The molecule has 56 heavy (non-hydrogen) atoms. The first-order valence-corrected chi connectivity index (χ1v) is 24.7. The number of carbonyl (C=O) groups is 2. The molecule has 4 heteroatoms. The Morgan fingerprint density at radius 2 is 0.571 bits per heavy atom. The number of aryl methyl sites for hydroxylation is 4. The van der Waals surface area contributed by atoms with Gasteiger partial charge in [0.2, 0.25) is 0 Å². The Morgan fingerprint density at radius 3 is 0.804 bits per heavy atom. The monoisotopic (exact) mass is 775 g/mol. The van der Waals surface area contributed by atoms with Crippen LogP contribution in [0.3, 0.4) is 0 Å². The Bertz CT molecular complexity index is 1230. The number of carbonyl (C=O) groups excluding carboxylic acids is 2. The third-order valence-electron chi connectivity index (χ3n) is 13.2. The van der Waals surface area contributed by atoms with Crippen molar-refractivity contribution in [2.24, 2.45) is 0 Å². The first-order chi connectivity index (χ1) is 27.3. The van der Waals surface area contributed by atoms with Gasteiger partial charge in [0.1, 0.15) is 11.8 Å². The second-order valence-electron chi connectivity index (χ2n) is 18.3. The highest BCUT2D eigenvalue weighted by atomic mass is 16.2. The number of unbranched alkanes of at least 4 members (excludes halogenated alkanes) is 30. The van der Waals surface area contributed by atoms with Crippen LogP contribution in [0.25, 0.3) is 0 Å². The maximum Gasteiger partial charge on any atom is 0.165 e. The zero-order valence-electron chi connectivity index (χ0n) is 38.1. The minimum atomic E-state index is -0.603. The predicted molar refractivity (Wildman–Crippen MR) is 242 cm³/mol. The minimum absolute atomic E-state index is 0.110. The average Bonchev–Trinajstić information content (AvgIpc) is 3.61. The highest BCUT2D eigenvalue weighted by Gasteiger charge is 2.53. The van der Waals surface area contributed by atoms with Crippen molar-refractivity contribution < 1.29 is 9.59 Å². The summed E-state index contributed by atoms with van der Waals surface area (Å²) in [7, 11) is 0. The molecule has 0 N–H and O–H groups in total. The van der Waals surface area contributed by atoms with E-state index in [0.717, 1.165) is 48.4 Å². The van der Waals surface area contributed by atoms with Gasteiger partial charge in [-0.15, -0.1) is 0 Å². The summed E-state index contributed by atoms with van der Waals surface area (Å²) in [6, 6.07) is 4.37.